The number of rotatable bonds is 3. The van der Waals surface area contributed by atoms with Crippen molar-refractivity contribution in [2.75, 3.05) is 18.9 Å². The molecule has 3 heteroatoms. The zero-order chi connectivity index (χ0) is 10.7. The number of anilines is 1. The van der Waals surface area contributed by atoms with Crippen molar-refractivity contribution in [3.05, 3.63) is 23.8 Å². The van der Waals surface area contributed by atoms with E-state index in [1.165, 1.54) is 0 Å². The van der Waals surface area contributed by atoms with E-state index in [9.17, 15) is 0 Å². The molecule has 0 aromatic heterocycles. The highest BCUT2D eigenvalue weighted by Gasteiger charge is 2.16. The van der Waals surface area contributed by atoms with Crippen LogP contribution in [0.15, 0.2) is 18.2 Å². The van der Waals surface area contributed by atoms with E-state index in [4.69, 9.17) is 15.2 Å². The predicted molar refractivity (Wildman–Crippen MR) is 60.1 cm³/mol. The lowest BCUT2D eigenvalue weighted by molar-refractivity contribution is 0.0682. The van der Waals surface area contributed by atoms with Crippen LogP contribution in [0.2, 0.25) is 0 Å². The maximum absolute atomic E-state index is 5.81. The second-order valence-electron chi connectivity index (χ2n) is 3.99. The Bertz CT molecular complexity index is 332. The third-order valence-electron chi connectivity index (χ3n) is 2.62. The third-order valence-corrected chi connectivity index (χ3v) is 2.62. The number of ether oxygens (including phenoxy) is 2. The molecule has 0 bridgehead atoms. The molecule has 2 rings (SSSR count). The standard InChI is InChI=1S/C12H17NO2/c1-9-4-5-11(13)12(7-9)15-8-10-3-2-6-14-10/h4-5,7,10H,2-3,6,8,13H2,1H3/t10-/m0/s1. The minimum absolute atomic E-state index is 0.241. The molecule has 1 aromatic carbocycles. The van der Waals surface area contributed by atoms with E-state index < -0.39 is 0 Å². The quantitative estimate of drug-likeness (QED) is 0.772. The van der Waals surface area contributed by atoms with Crippen LogP contribution >= 0.6 is 0 Å². The fourth-order valence-electron chi connectivity index (χ4n) is 1.73. The lowest BCUT2D eigenvalue weighted by Crippen LogP contribution is -2.16. The summed E-state index contributed by atoms with van der Waals surface area (Å²) >= 11 is 0. The van der Waals surface area contributed by atoms with E-state index >= 15 is 0 Å². The smallest absolute Gasteiger partial charge is 0.142 e. The van der Waals surface area contributed by atoms with Gasteiger partial charge in [0.15, 0.2) is 0 Å². The summed E-state index contributed by atoms with van der Waals surface area (Å²) in [7, 11) is 0. The Labute approximate surface area is 90.2 Å². The summed E-state index contributed by atoms with van der Waals surface area (Å²) in [5.74, 6) is 0.769. The Kier molecular flexibility index (Phi) is 3.11. The van der Waals surface area contributed by atoms with Gasteiger partial charge in [0.05, 0.1) is 11.8 Å². The fourth-order valence-corrected chi connectivity index (χ4v) is 1.73. The molecule has 1 heterocycles. The first-order valence-electron chi connectivity index (χ1n) is 5.36. The maximum atomic E-state index is 5.81. The number of hydrogen-bond donors (Lipinski definition) is 1. The van der Waals surface area contributed by atoms with Crippen molar-refractivity contribution in [3.63, 3.8) is 0 Å². The summed E-state index contributed by atoms with van der Waals surface area (Å²) in [6, 6.07) is 5.82. The van der Waals surface area contributed by atoms with Crippen LogP contribution in [0.25, 0.3) is 0 Å². The molecule has 3 nitrogen and oxygen atoms in total. The second kappa shape index (κ2) is 4.53. The fraction of sp³-hybridized carbons (Fsp3) is 0.500. The molecule has 82 valence electrons. The highest BCUT2D eigenvalue weighted by molar-refractivity contribution is 5.53. The largest absolute Gasteiger partial charge is 0.489 e. The van der Waals surface area contributed by atoms with Crippen molar-refractivity contribution in [2.24, 2.45) is 0 Å². The summed E-state index contributed by atoms with van der Waals surface area (Å²) < 4.78 is 11.1. The lowest BCUT2D eigenvalue weighted by Gasteiger charge is -2.13. The van der Waals surface area contributed by atoms with E-state index in [-0.39, 0.29) is 6.10 Å². The molecule has 1 aliphatic heterocycles. The van der Waals surface area contributed by atoms with Crippen molar-refractivity contribution in [3.8, 4) is 5.75 Å². The number of nitrogens with two attached hydrogens (primary N) is 1. The summed E-state index contributed by atoms with van der Waals surface area (Å²) in [5, 5.41) is 0. The first-order chi connectivity index (χ1) is 7.25. The van der Waals surface area contributed by atoms with Gasteiger partial charge in [-0.05, 0) is 37.5 Å². The average Bonchev–Trinajstić information content (AvgIpc) is 2.72. The van der Waals surface area contributed by atoms with Gasteiger partial charge in [0.2, 0.25) is 0 Å². The van der Waals surface area contributed by atoms with Crippen molar-refractivity contribution in [2.45, 2.75) is 25.9 Å². The van der Waals surface area contributed by atoms with Gasteiger partial charge >= 0.3 is 0 Å². The number of hydrogen-bond acceptors (Lipinski definition) is 3. The van der Waals surface area contributed by atoms with E-state index in [0.717, 1.165) is 30.8 Å². The topological polar surface area (TPSA) is 44.5 Å². The van der Waals surface area contributed by atoms with E-state index in [1.807, 2.05) is 25.1 Å². The molecular formula is C12H17NO2. The van der Waals surface area contributed by atoms with Gasteiger partial charge in [0, 0.05) is 6.61 Å². The first kappa shape index (κ1) is 10.3. The highest BCUT2D eigenvalue weighted by Crippen LogP contribution is 2.23. The van der Waals surface area contributed by atoms with Crippen LogP contribution in [0.5, 0.6) is 5.75 Å². The minimum Gasteiger partial charge on any atom is -0.489 e. The summed E-state index contributed by atoms with van der Waals surface area (Å²) in [6.07, 6.45) is 2.47. The van der Waals surface area contributed by atoms with Gasteiger partial charge in [-0.3, -0.25) is 0 Å². The minimum atomic E-state index is 0.241. The van der Waals surface area contributed by atoms with Gasteiger partial charge in [0.1, 0.15) is 12.4 Å². The van der Waals surface area contributed by atoms with Gasteiger partial charge in [-0.1, -0.05) is 6.07 Å². The maximum Gasteiger partial charge on any atom is 0.142 e. The second-order valence-corrected chi connectivity index (χ2v) is 3.99. The van der Waals surface area contributed by atoms with Crippen LogP contribution < -0.4 is 10.5 Å². The van der Waals surface area contributed by atoms with Crippen LogP contribution in [-0.2, 0) is 4.74 Å². The van der Waals surface area contributed by atoms with Crippen LogP contribution in [0.4, 0.5) is 5.69 Å². The van der Waals surface area contributed by atoms with Crippen molar-refractivity contribution in [1.82, 2.24) is 0 Å². The molecule has 2 N–H and O–H groups in total. The Morgan fingerprint density at radius 2 is 2.40 bits per heavy atom. The lowest BCUT2D eigenvalue weighted by atomic mass is 10.2. The monoisotopic (exact) mass is 207 g/mol. The number of benzene rings is 1. The molecule has 1 atom stereocenters. The third kappa shape index (κ3) is 2.63. The molecular weight excluding hydrogens is 190 g/mol. The molecule has 1 fully saturated rings. The Hall–Kier alpha value is -1.22. The summed E-state index contributed by atoms with van der Waals surface area (Å²) in [6.45, 7) is 3.49. The first-order valence-corrected chi connectivity index (χ1v) is 5.36. The van der Waals surface area contributed by atoms with Crippen molar-refractivity contribution in [1.29, 1.82) is 0 Å². The Morgan fingerprint density at radius 3 is 3.13 bits per heavy atom. The van der Waals surface area contributed by atoms with E-state index in [0.29, 0.717) is 12.3 Å². The molecule has 0 saturated carbocycles. The molecule has 1 aliphatic rings. The Morgan fingerprint density at radius 1 is 1.53 bits per heavy atom. The molecule has 0 radical (unpaired) electrons. The van der Waals surface area contributed by atoms with Crippen LogP contribution in [0.1, 0.15) is 18.4 Å². The normalized spacial score (nSPS) is 20.5. The summed E-state index contributed by atoms with van der Waals surface area (Å²) in [5.41, 5.74) is 7.66. The van der Waals surface area contributed by atoms with E-state index in [2.05, 4.69) is 0 Å². The molecule has 0 unspecified atom stereocenters. The molecule has 1 aromatic rings. The predicted octanol–water partition coefficient (Wildman–Crippen LogP) is 2.14. The van der Waals surface area contributed by atoms with Gasteiger partial charge in [-0.25, -0.2) is 0 Å². The average molecular weight is 207 g/mol. The van der Waals surface area contributed by atoms with Gasteiger partial charge in [-0.2, -0.15) is 0 Å². The van der Waals surface area contributed by atoms with E-state index in [1.54, 1.807) is 0 Å². The molecule has 0 spiro atoms. The van der Waals surface area contributed by atoms with Gasteiger partial charge < -0.3 is 15.2 Å². The van der Waals surface area contributed by atoms with Crippen molar-refractivity contribution < 1.29 is 9.47 Å². The SMILES string of the molecule is Cc1ccc(N)c(OC[C@@H]2CCCO2)c1. The Balaban J connectivity index is 1.94. The van der Waals surface area contributed by atoms with Crippen LogP contribution in [-0.4, -0.2) is 19.3 Å². The van der Waals surface area contributed by atoms with Crippen LogP contribution in [0, 0.1) is 6.92 Å². The number of aryl methyl sites for hydroxylation is 1. The molecule has 0 amide bonds. The molecule has 1 saturated heterocycles. The van der Waals surface area contributed by atoms with Gasteiger partial charge in [0.25, 0.3) is 0 Å². The summed E-state index contributed by atoms with van der Waals surface area (Å²) in [4.78, 5) is 0. The van der Waals surface area contributed by atoms with Gasteiger partial charge in [-0.15, -0.1) is 0 Å². The molecule has 15 heavy (non-hydrogen) atoms. The highest BCUT2D eigenvalue weighted by atomic mass is 16.5. The zero-order valence-corrected chi connectivity index (χ0v) is 9.03. The van der Waals surface area contributed by atoms with Crippen molar-refractivity contribution >= 4 is 5.69 Å². The molecule has 0 aliphatic carbocycles. The van der Waals surface area contributed by atoms with Crippen LogP contribution in [0.3, 0.4) is 0 Å². The number of nitrogen functional groups attached to an aromatic ring is 1. The zero-order valence-electron chi connectivity index (χ0n) is 9.03.